The molecule has 0 radical (unpaired) electrons. The maximum atomic E-state index is 13.5. The zero-order valence-corrected chi connectivity index (χ0v) is 53.6. The first-order valence-corrected chi connectivity index (χ1v) is 36.6. The van der Waals surface area contributed by atoms with Gasteiger partial charge in [0.05, 0.1) is 15.5 Å². The molecule has 7 rings (SSSR count). The summed E-state index contributed by atoms with van der Waals surface area (Å²) in [6, 6.07) is 8.45. The number of carboxylic acid groups (broad SMARTS) is 1. The lowest BCUT2D eigenvalue weighted by Gasteiger charge is -2.31. The average molecular weight is 1330 g/mol. The van der Waals surface area contributed by atoms with Crippen LogP contribution in [0.15, 0.2) is 110 Å². The first-order chi connectivity index (χ1) is 41.5. The monoisotopic (exact) mass is 1330 g/mol. The second kappa shape index (κ2) is 28.4. The molecule has 2 atom stereocenters. The summed E-state index contributed by atoms with van der Waals surface area (Å²) in [5.41, 5.74) is 1.42. The van der Waals surface area contributed by atoms with Gasteiger partial charge < -0.3 is 30.5 Å². The Balaban J connectivity index is 1.33. The lowest BCUT2D eigenvalue weighted by atomic mass is 9.75. The standard InChI is InChI=1S/C60H76N4O20S5/c1-59(2)47-20-9-5-10-22-52-60(3,57-46-36-40(87(76,77)78)38-51(89(82,83)84)43(46)28-29-49(57)64(52)33-18-34-85(70,71)72)30-15-6-12-23-53(65)61-31-17-14-21-48(58(69)62-32-16-7-13-25-55(67)68)63-54(66)24-11-4-8-19-41(47)44-27-26-42-45(56(44)59)35-39(86(73,74)75)37-50(42)88(79,80)81/h5,9-10,20,22,26-29,35-38,48H,4,6-8,11-19,21,23-25,30-34H2,1-3H3,(H,61,65)(H,62,69)(H,63,66)(H,67,68)(H,70,71,72)(H,73,74,75)(H,76,77,78)(H,79,80,81)(H,82,83,84)/p-1/b10-5+,20-9?,52-22-. The van der Waals surface area contributed by atoms with E-state index in [1.807, 2.05) is 20.8 Å². The minimum Gasteiger partial charge on any atom is -0.744 e. The van der Waals surface area contributed by atoms with E-state index in [0.717, 1.165) is 17.7 Å². The summed E-state index contributed by atoms with van der Waals surface area (Å²) in [7, 11) is -25.1. The Labute approximate surface area is 519 Å². The van der Waals surface area contributed by atoms with E-state index >= 15 is 0 Å². The van der Waals surface area contributed by atoms with Gasteiger partial charge in [-0.05, 0) is 153 Å². The summed E-state index contributed by atoms with van der Waals surface area (Å²) in [5.74, 6) is -2.62. The first kappa shape index (κ1) is 70.1. The van der Waals surface area contributed by atoms with Crippen LogP contribution in [0.5, 0.6) is 0 Å². The number of amides is 3. The Morgan fingerprint density at radius 1 is 0.663 bits per heavy atom. The van der Waals surface area contributed by atoms with Gasteiger partial charge in [0.1, 0.15) is 26.0 Å². The molecule has 3 aliphatic rings. The molecule has 2 unspecified atom stereocenters. The normalized spacial score (nSPS) is 20.9. The van der Waals surface area contributed by atoms with E-state index in [-0.39, 0.29) is 91.5 Å². The van der Waals surface area contributed by atoms with Gasteiger partial charge in [-0.15, -0.1) is 0 Å². The van der Waals surface area contributed by atoms with Crippen LogP contribution < -0.4 is 20.9 Å². The third-order valence-electron chi connectivity index (χ3n) is 16.6. The number of aliphatic carboxylic acids is 1. The molecule has 0 aromatic heterocycles. The van der Waals surface area contributed by atoms with E-state index in [4.69, 9.17) is 5.11 Å². The maximum Gasteiger partial charge on any atom is 0.303 e. The molecule has 4 aromatic carbocycles. The SMILES string of the molecule is CC1(C)C2=C(CCCCCC(=O)NC(C(=O)NCCCCCC(=O)O)CCCCNC(=O)CCCCCC3(C)/C(=C/C=C/C=C2)N(CCCS(=O)(=O)O)c2ccc4c(S(=O)(=O)O)cc(S(=O)(=O)O)cc4c23)c2ccc3c(S(=O)(=O)O)cc(S(=O)(=O)[O-])cc3c21. The van der Waals surface area contributed by atoms with Gasteiger partial charge in [-0.3, -0.25) is 37.4 Å². The number of unbranched alkanes of at least 4 members (excludes halogenated alkanes) is 2. The minimum absolute atomic E-state index is 0.00539. The lowest BCUT2D eigenvalue weighted by Crippen LogP contribution is -2.47. The molecule has 0 saturated heterocycles. The molecule has 1 aliphatic carbocycles. The van der Waals surface area contributed by atoms with Gasteiger partial charge in [-0.2, -0.15) is 33.7 Å². The number of nitrogens with zero attached hydrogens (tertiary/aromatic N) is 1. The van der Waals surface area contributed by atoms with Crippen molar-refractivity contribution in [2.75, 3.05) is 30.3 Å². The predicted octanol–water partition coefficient (Wildman–Crippen LogP) is 8.18. The number of carboxylic acids is 1. The fourth-order valence-electron chi connectivity index (χ4n) is 12.5. The number of carbonyl (C=O) groups excluding carboxylic acids is 3. The van der Waals surface area contributed by atoms with Crippen molar-refractivity contribution in [3.8, 4) is 0 Å². The van der Waals surface area contributed by atoms with Crippen LogP contribution in [0.3, 0.4) is 0 Å². The Hall–Kier alpha value is -6.41. The third-order valence-corrected chi connectivity index (χ3v) is 20.8. The van der Waals surface area contributed by atoms with Gasteiger partial charge in [0, 0.05) is 71.9 Å². The number of hydrogen-bond acceptors (Lipinski definition) is 16. The van der Waals surface area contributed by atoms with Crippen molar-refractivity contribution in [1.82, 2.24) is 16.0 Å². The summed E-state index contributed by atoms with van der Waals surface area (Å²) in [6.07, 6.45) is 14.4. The first-order valence-electron chi connectivity index (χ1n) is 29.2. The van der Waals surface area contributed by atoms with Gasteiger partial charge in [0.2, 0.25) is 17.7 Å². The van der Waals surface area contributed by atoms with Gasteiger partial charge >= 0.3 is 5.97 Å². The molecule has 2 aliphatic heterocycles. The number of nitrogens with one attached hydrogen (secondary N) is 3. The second-order valence-corrected chi connectivity index (χ2v) is 30.5. The molecular formula is C60H75N4O20S5-. The molecule has 0 fully saturated rings. The van der Waals surface area contributed by atoms with Gasteiger partial charge in [0.25, 0.3) is 40.5 Å². The Bertz CT molecular complexity index is 4160. The Morgan fingerprint density at radius 3 is 1.92 bits per heavy atom. The van der Waals surface area contributed by atoms with Crippen LogP contribution in [0.4, 0.5) is 5.69 Å². The highest BCUT2D eigenvalue weighted by Crippen LogP contribution is 2.55. The smallest absolute Gasteiger partial charge is 0.303 e. The summed E-state index contributed by atoms with van der Waals surface area (Å²) in [5, 5.41) is 17.5. The topological polar surface area (TPSA) is 403 Å². The highest BCUT2D eigenvalue weighted by atomic mass is 32.2. The summed E-state index contributed by atoms with van der Waals surface area (Å²) < 4.78 is 180. The van der Waals surface area contributed by atoms with E-state index < -0.39 is 105 Å². The van der Waals surface area contributed by atoms with Crippen LogP contribution in [-0.4, -0.2) is 125 Å². The maximum absolute atomic E-state index is 13.5. The molecule has 2 heterocycles. The van der Waals surface area contributed by atoms with Gasteiger partial charge in [-0.25, -0.2) is 8.42 Å². The van der Waals surface area contributed by atoms with E-state index in [2.05, 4.69) is 16.0 Å². The quantitative estimate of drug-likeness (QED) is 0.0410. The second-order valence-electron chi connectivity index (χ2n) is 23.4. The summed E-state index contributed by atoms with van der Waals surface area (Å²) in [4.78, 5) is 49.6. The molecule has 3 amide bonds. The zero-order valence-electron chi connectivity index (χ0n) is 49.5. The highest BCUT2D eigenvalue weighted by molar-refractivity contribution is 7.87. The van der Waals surface area contributed by atoms with Crippen molar-refractivity contribution < 1.29 is 89.1 Å². The average Bonchev–Trinajstić information content (AvgIpc) is 1.63. The molecule has 0 bridgehead atoms. The van der Waals surface area contributed by atoms with Crippen LogP contribution in [0.1, 0.15) is 153 Å². The number of benzene rings is 4. The number of hydrogen-bond donors (Lipinski definition) is 8. The number of carbonyl (C=O) groups is 4. The van der Waals surface area contributed by atoms with Crippen LogP contribution in [-0.2, 0) is 80.6 Å². The molecule has 29 heteroatoms. The van der Waals surface area contributed by atoms with Crippen LogP contribution >= 0.6 is 0 Å². The predicted molar refractivity (Wildman–Crippen MR) is 331 cm³/mol. The molecule has 4 aromatic rings. The molecule has 0 saturated carbocycles. The largest absolute Gasteiger partial charge is 0.744 e. The van der Waals surface area contributed by atoms with E-state index in [1.165, 1.54) is 18.2 Å². The number of allylic oxidation sites excluding steroid dienone is 8. The Morgan fingerprint density at radius 2 is 1.28 bits per heavy atom. The highest BCUT2D eigenvalue weighted by Gasteiger charge is 2.45. The fraction of sp³-hybridized carbons (Fsp3) is 0.467. The summed E-state index contributed by atoms with van der Waals surface area (Å²) >= 11 is 0. The van der Waals surface area contributed by atoms with E-state index in [9.17, 15) is 84.0 Å². The Kier molecular flexibility index (Phi) is 22.4. The van der Waals surface area contributed by atoms with E-state index in [1.54, 1.807) is 41.3 Å². The van der Waals surface area contributed by atoms with Crippen molar-refractivity contribution >= 4 is 107 Å². The fourth-order valence-corrected chi connectivity index (χ4v) is 15.6. The number of anilines is 1. The van der Waals surface area contributed by atoms with Crippen molar-refractivity contribution in [2.45, 2.75) is 173 Å². The molecule has 0 spiro atoms. The molecule has 486 valence electrons. The third kappa shape index (κ3) is 17.4. The molecule has 8 N–H and O–H groups in total. The van der Waals surface area contributed by atoms with Crippen molar-refractivity contribution in [2.24, 2.45) is 0 Å². The van der Waals surface area contributed by atoms with Crippen molar-refractivity contribution in [1.29, 1.82) is 0 Å². The van der Waals surface area contributed by atoms with Crippen LogP contribution in [0, 0.1) is 0 Å². The lowest BCUT2D eigenvalue weighted by molar-refractivity contribution is -0.137. The molecule has 89 heavy (non-hydrogen) atoms. The number of rotatable bonds is 15. The van der Waals surface area contributed by atoms with Gasteiger partial charge in [0.15, 0.2) is 0 Å². The summed E-state index contributed by atoms with van der Waals surface area (Å²) in [6.45, 7) is 5.90. The molecular weight excluding hydrogens is 1260 g/mol. The zero-order chi connectivity index (χ0) is 65.5. The van der Waals surface area contributed by atoms with Gasteiger partial charge in [-0.1, -0.05) is 82.0 Å². The minimum atomic E-state index is -5.28. The van der Waals surface area contributed by atoms with Crippen molar-refractivity contribution in [3.63, 3.8) is 0 Å². The van der Waals surface area contributed by atoms with Crippen molar-refractivity contribution in [3.05, 3.63) is 107 Å². The van der Waals surface area contributed by atoms with Crippen LogP contribution in [0.25, 0.3) is 27.1 Å². The molecule has 24 nitrogen and oxygen atoms in total. The number of fused-ring (bicyclic) bond motifs is 9. The van der Waals surface area contributed by atoms with Crippen LogP contribution in [0.2, 0.25) is 0 Å². The van der Waals surface area contributed by atoms with E-state index in [0.29, 0.717) is 123 Å².